The van der Waals surface area contributed by atoms with Gasteiger partial charge in [0.2, 0.25) is 0 Å². The fourth-order valence-electron chi connectivity index (χ4n) is 1.47. The first-order valence-corrected chi connectivity index (χ1v) is 7.98. The molecular formula is C13H11BrClN3OS. The zero-order valence-corrected chi connectivity index (χ0v) is 13.7. The lowest BCUT2D eigenvalue weighted by Gasteiger charge is -2.07. The second kappa shape index (κ2) is 7.06. The number of amides is 1. The maximum Gasteiger partial charge on any atom is 0.275 e. The van der Waals surface area contributed by atoms with Crippen molar-refractivity contribution in [2.24, 2.45) is 0 Å². The van der Waals surface area contributed by atoms with E-state index in [4.69, 9.17) is 11.6 Å². The second-order valence-electron chi connectivity index (χ2n) is 3.75. The van der Waals surface area contributed by atoms with E-state index in [0.29, 0.717) is 26.0 Å². The van der Waals surface area contributed by atoms with Crippen molar-refractivity contribution in [2.75, 3.05) is 11.1 Å². The molecule has 20 heavy (non-hydrogen) atoms. The Morgan fingerprint density at radius 2 is 2.30 bits per heavy atom. The van der Waals surface area contributed by atoms with Crippen LogP contribution in [0.3, 0.4) is 0 Å². The van der Waals surface area contributed by atoms with Crippen molar-refractivity contribution in [3.05, 3.63) is 45.7 Å². The Morgan fingerprint density at radius 3 is 3.00 bits per heavy atom. The van der Waals surface area contributed by atoms with Gasteiger partial charge in [-0.2, -0.15) is 0 Å². The first-order valence-electron chi connectivity index (χ1n) is 5.82. The molecule has 104 valence electrons. The smallest absolute Gasteiger partial charge is 0.275 e. The molecule has 0 bridgehead atoms. The van der Waals surface area contributed by atoms with Gasteiger partial charge in [-0.05, 0) is 39.9 Å². The summed E-state index contributed by atoms with van der Waals surface area (Å²) >= 11 is 10.7. The van der Waals surface area contributed by atoms with Crippen molar-refractivity contribution in [1.29, 1.82) is 0 Å². The zero-order chi connectivity index (χ0) is 14.5. The molecule has 4 nitrogen and oxygen atoms in total. The Morgan fingerprint density at radius 1 is 1.50 bits per heavy atom. The summed E-state index contributed by atoms with van der Waals surface area (Å²) in [6, 6.07) is 6.95. The number of carbonyl (C=O) groups excluding carboxylic acids is 1. The Bertz CT molecular complexity index is 639. The Balaban J connectivity index is 2.22. The van der Waals surface area contributed by atoms with E-state index in [1.807, 2.05) is 6.92 Å². The molecule has 0 aliphatic heterocycles. The molecule has 2 aromatic rings. The molecule has 1 aromatic carbocycles. The molecule has 0 atom stereocenters. The van der Waals surface area contributed by atoms with Crippen molar-refractivity contribution in [2.45, 2.75) is 12.1 Å². The third kappa shape index (κ3) is 3.94. The number of nitrogens with one attached hydrogen (secondary N) is 1. The molecule has 1 aromatic heterocycles. The minimum absolute atomic E-state index is 0.302. The van der Waals surface area contributed by atoms with Crippen LogP contribution in [0.4, 0.5) is 5.69 Å². The molecule has 0 spiro atoms. The number of halogens is 2. The van der Waals surface area contributed by atoms with E-state index in [0.717, 1.165) is 5.75 Å². The lowest BCUT2D eigenvalue weighted by atomic mass is 10.3. The molecule has 0 radical (unpaired) electrons. The van der Waals surface area contributed by atoms with Crippen LogP contribution in [0.5, 0.6) is 0 Å². The van der Waals surface area contributed by atoms with Gasteiger partial charge in [0, 0.05) is 16.9 Å². The van der Waals surface area contributed by atoms with Crippen LogP contribution in [-0.2, 0) is 0 Å². The lowest BCUT2D eigenvalue weighted by Crippen LogP contribution is -2.15. The highest BCUT2D eigenvalue weighted by atomic mass is 79.9. The van der Waals surface area contributed by atoms with Crippen molar-refractivity contribution < 1.29 is 4.79 Å². The quantitative estimate of drug-likeness (QED) is 0.643. The highest BCUT2D eigenvalue weighted by molar-refractivity contribution is 9.10. The molecule has 1 heterocycles. The normalized spacial score (nSPS) is 10.3. The van der Waals surface area contributed by atoms with Crippen LogP contribution in [0.25, 0.3) is 0 Å². The summed E-state index contributed by atoms with van der Waals surface area (Å²) in [4.78, 5) is 20.6. The third-order valence-corrected chi connectivity index (χ3v) is 3.85. The summed E-state index contributed by atoms with van der Waals surface area (Å²) in [5, 5.41) is 3.89. The predicted molar refractivity (Wildman–Crippen MR) is 85.5 cm³/mol. The van der Waals surface area contributed by atoms with Crippen LogP contribution in [0.2, 0.25) is 5.02 Å². The largest absolute Gasteiger partial charge is 0.321 e. The van der Waals surface area contributed by atoms with Crippen molar-refractivity contribution in [1.82, 2.24) is 9.97 Å². The number of benzene rings is 1. The number of thioether (sulfide) groups is 1. The average molecular weight is 373 g/mol. The third-order valence-electron chi connectivity index (χ3n) is 2.29. The van der Waals surface area contributed by atoms with Gasteiger partial charge in [0.1, 0.15) is 5.69 Å². The molecule has 0 saturated heterocycles. The van der Waals surface area contributed by atoms with Gasteiger partial charge in [0.15, 0.2) is 5.16 Å². The van der Waals surface area contributed by atoms with E-state index in [1.165, 1.54) is 11.8 Å². The molecule has 0 unspecified atom stereocenters. The maximum atomic E-state index is 12.2. The number of hydrogen-bond donors (Lipinski definition) is 1. The fraction of sp³-hybridized carbons (Fsp3) is 0.154. The standard InChI is InChI=1S/C13H11BrClN3OS/c1-2-20-13-16-7-10(14)11(18-13)12(19)17-9-5-3-4-8(15)6-9/h3-7H,2H2,1H3,(H,17,19). The SMILES string of the molecule is CCSc1ncc(Br)c(C(=O)Nc2cccc(Cl)c2)n1. The van der Waals surface area contributed by atoms with Gasteiger partial charge < -0.3 is 5.32 Å². The molecule has 0 aliphatic rings. The van der Waals surface area contributed by atoms with Crippen LogP contribution >= 0.6 is 39.3 Å². The van der Waals surface area contributed by atoms with E-state index in [-0.39, 0.29) is 5.91 Å². The highest BCUT2D eigenvalue weighted by Crippen LogP contribution is 2.21. The molecular weight excluding hydrogens is 362 g/mol. The molecule has 7 heteroatoms. The number of nitrogens with zero attached hydrogens (tertiary/aromatic N) is 2. The zero-order valence-electron chi connectivity index (χ0n) is 10.6. The molecule has 2 rings (SSSR count). The summed E-state index contributed by atoms with van der Waals surface area (Å²) in [6.07, 6.45) is 1.58. The Labute approximate surface area is 134 Å². The van der Waals surface area contributed by atoms with Gasteiger partial charge in [-0.3, -0.25) is 4.79 Å². The van der Waals surface area contributed by atoms with E-state index in [9.17, 15) is 4.79 Å². The van der Waals surface area contributed by atoms with Gasteiger partial charge in [-0.1, -0.05) is 36.4 Å². The minimum atomic E-state index is -0.306. The lowest BCUT2D eigenvalue weighted by molar-refractivity contribution is 0.102. The Hall–Kier alpha value is -1.11. The van der Waals surface area contributed by atoms with Gasteiger partial charge in [-0.15, -0.1) is 0 Å². The number of carbonyl (C=O) groups is 1. The number of aromatic nitrogens is 2. The van der Waals surface area contributed by atoms with E-state index in [2.05, 4.69) is 31.2 Å². The average Bonchev–Trinajstić information content (AvgIpc) is 2.41. The summed E-state index contributed by atoms with van der Waals surface area (Å²) < 4.78 is 0.553. The first-order chi connectivity index (χ1) is 9.60. The van der Waals surface area contributed by atoms with Crippen LogP contribution in [-0.4, -0.2) is 21.6 Å². The number of anilines is 1. The summed E-state index contributed by atoms with van der Waals surface area (Å²) in [6.45, 7) is 2.00. The van der Waals surface area contributed by atoms with Crippen LogP contribution < -0.4 is 5.32 Å². The van der Waals surface area contributed by atoms with Crippen molar-refractivity contribution in [3.8, 4) is 0 Å². The Kier molecular flexibility index (Phi) is 5.39. The van der Waals surface area contributed by atoms with E-state index >= 15 is 0 Å². The number of rotatable bonds is 4. The summed E-state index contributed by atoms with van der Waals surface area (Å²) in [7, 11) is 0. The first kappa shape index (κ1) is 15.3. The maximum absolute atomic E-state index is 12.2. The summed E-state index contributed by atoms with van der Waals surface area (Å²) in [5.74, 6) is 0.538. The topological polar surface area (TPSA) is 54.9 Å². The van der Waals surface area contributed by atoms with Crippen molar-refractivity contribution in [3.63, 3.8) is 0 Å². The van der Waals surface area contributed by atoms with Crippen LogP contribution in [0.1, 0.15) is 17.4 Å². The summed E-state index contributed by atoms with van der Waals surface area (Å²) in [5.41, 5.74) is 0.925. The predicted octanol–water partition coefficient (Wildman–Crippen LogP) is 4.26. The van der Waals surface area contributed by atoms with E-state index in [1.54, 1.807) is 30.5 Å². The fourth-order valence-corrected chi connectivity index (χ4v) is 2.57. The van der Waals surface area contributed by atoms with Gasteiger partial charge in [0.05, 0.1) is 4.47 Å². The molecule has 0 aliphatic carbocycles. The molecule has 0 saturated carbocycles. The molecule has 1 amide bonds. The van der Waals surface area contributed by atoms with E-state index < -0.39 is 0 Å². The van der Waals surface area contributed by atoms with Gasteiger partial charge in [0.25, 0.3) is 5.91 Å². The molecule has 0 fully saturated rings. The van der Waals surface area contributed by atoms with Gasteiger partial charge >= 0.3 is 0 Å². The highest BCUT2D eigenvalue weighted by Gasteiger charge is 2.14. The van der Waals surface area contributed by atoms with Crippen molar-refractivity contribution >= 4 is 50.9 Å². The monoisotopic (exact) mass is 371 g/mol. The van der Waals surface area contributed by atoms with Crippen LogP contribution in [0, 0.1) is 0 Å². The molecule has 1 N–H and O–H groups in total. The second-order valence-corrected chi connectivity index (χ2v) is 6.27. The minimum Gasteiger partial charge on any atom is -0.321 e. The van der Waals surface area contributed by atoms with Crippen LogP contribution in [0.15, 0.2) is 40.1 Å². The number of hydrogen-bond acceptors (Lipinski definition) is 4. The van der Waals surface area contributed by atoms with Gasteiger partial charge in [-0.25, -0.2) is 9.97 Å².